The lowest BCUT2D eigenvalue weighted by molar-refractivity contribution is 0.317. The molecule has 0 fully saturated rings. The van der Waals surface area contributed by atoms with Crippen molar-refractivity contribution in [3.05, 3.63) is 22.7 Å². The Kier molecular flexibility index (Phi) is 4.28. The van der Waals surface area contributed by atoms with Gasteiger partial charge in [0.2, 0.25) is 0 Å². The third kappa shape index (κ3) is 3.31. The molecule has 3 heteroatoms. The van der Waals surface area contributed by atoms with Crippen LogP contribution in [0.4, 0.5) is 0 Å². The van der Waals surface area contributed by atoms with Gasteiger partial charge < -0.3 is 9.84 Å². The summed E-state index contributed by atoms with van der Waals surface area (Å²) < 4.78 is 5.31. The summed E-state index contributed by atoms with van der Waals surface area (Å²) in [6.45, 7) is 6.68. The highest BCUT2D eigenvalue weighted by molar-refractivity contribution is 6.32. The number of ether oxygens (including phenoxy) is 1. The van der Waals surface area contributed by atoms with Crippen LogP contribution in [-0.2, 0) is 6.42 Å². The molecule has 1 rings (SSSR count). The molecule has 0 saturated carbocycles. The van der Waals surface area contributed by atoms with Crippen molar-refractivity contribution in [3.63, 3.8) is 0 Å². The first-order valence-electron chi connectivity index (χ1n) is 5.18. The minimum atomic E-state index is 0.0334. The molecular weight excluding hydrogens is 212 g/mol. The molecule has 0 aliphatic carbocycles. The molecule has 0 aliphatic heterocycles. The van der Waals surface area contributed by atoms with Gasteiger partial charge in [-0.1, -0.05) is 25.4 Å². The monoisotopic (exact) mass is 228 g/mol. The quantitative estimate of drug-likeness (QED) is 0.853. The van der Waals surface area contributed by atoms with Gasteiger partial charge in [0.1, 0.15) is 0 Å². The Bertz CT molecular complexity index is 335. The third-order valence-corrected chi connectivity index (χ3v) is 2.32. The maximum Gasteiger partial charge on any atom is 0.176 e. The van der Waals surface area contributed by atoms with Crippen LogP contribution in [0.2, 0.25) is 5.02 Å². The number of hydrogen-bond donors (Lipinski definition) is 1. The summed E-state index contributed by atoms with van der Waals surface area (Å²) in [6, 6.07) is 3.64. The zero-order valence-corrected chi connectivity index (χ0v) is 10.1. The smallest absolute Gasteiger partial charge is 0.176 e. The van der Waals surface area contributed by atoms with Crippen molar-refractivity contribution in [2.45, 2.75) is 27.2 Å². The van der Waals surface area contributed by atoms with Crippen LogP contribution in [0.5, 0.6) is 11.5 Å². The van der Waals surface area contributed by atoms with Crippen molar-refractivity contribution < 1.29 is 9.84 Å². The molecule has 2 nitrogen and oxygen atoms in total. The van der Waals surface area contributed by atoms with Gasteiger partial charge in [-0.05, 0) is 37.0 Å². The van der Waals surface area contributed by atoms with Crippen molar-refractivity contribution >= 4 is 11.6 Å². The normalized spacial score (nSPS) is 10.7. The molecule has 0 amide bonds. The first-order chi connectivity index (χ1) is 7.04. The van der Waals surface area contributed by atoms with Crippen molar-refractivity contribution in [1.29, 1.82) is 0 Å². The molecule has 1 aromatic carbocycles. The van der Waals surface area contributed by atoms with Gasteiger partial charge in [0.05, 0.1) is 11.6 Å². The van der Waals surface area contributed by atoms with Gasteiger partial charge in [-0.2, -0.15) is 0 Å². The Morgan fingerprint density at radius 1 is 1.40 bits per heavy atom. The Balaban J connectivity index is 3.00. The second-order valence-corrected chi connectivity index (χ2v) is 4.36. The summed E-state index contributed by atoms with van der Waals surface area (Å²) in [4.78, 5) is 0. The Labute approximate surface area is 95.8 Å². The van der Waals surface area contributed by atoms with Crippen LogP contribution in [0, 0.1) is 5.92 Å². The van der Waals surface area contributed by atoms with Gasteiger partial charge in [-0.25, -0.2) is 0 Å². The van der Waals surface area contributed by atoms with Gasteiger partial charge in [-0.15, -0.1) is 0 Å². The minimum Gasteiger partial charge on any atom is -0.503 e. The largest absolute Gasteiger partial charge is 0.503 e. The lowest BCUT2D eigenvalue weighted by Gasteiger charge is -2.11. The zero-order valence-electron chi connectivity index (χ0n) is 9.38. The molecule has 0 radical (unpaired) electrons. The predicted octanol–water partition coefficient (Wildman–Crippen LogP) is 3.64. The molecule has 1 N–H and O–H groups in total. The predicted molar refractivity (Wildman–Crippen MR) is 62.8 cm³/mol. The number of rotatable bonds is 4. The summed E-state index contributed by atoms with van der Waals surface area (Å²) in [5, 5.41) is 9.99. The molecule has 15 heavy (non-hydrogen) atoms. The number of hydrogen-bond acceptors (Lipinski definition) is 2. The number of phenolic OH excluding ortho intramolecular Hbond substituents is 1. The first kappa shape index (κ1) is 12.2. The maximum absolute atomic E-state index is 9.63. The highest BCUT2D eigenvalue weighted by Crippen LogP contribution is 2.35. The number of phenols is 1. The number of benzene rings is 1. The fourth-order valence-corrected chi connectivity index (χ4v) is 1.72. The third-order valence-electron chi connectivity index (χ3n) is 2.03. The van der Waals surface area contributed by atoms with Crippen LogP contribution >= 0.6 is 11.6 Å². The van der Waals surface area contributed by atoms with Gasteiger partial charge in [0.25, 0.3) is 0 Å². The van der Waals surface area contributed by atoms with Crippen molar-refractivity contribution in [3.8, 4) is 11.5 Å². The number of halogens is 1. The number of aromatic hydroxyl groups is 1. The second kappa shape index (κ2) is 5.26. The molecule has 84 valence electrons. The second-order valence-electron chi connectivity index (χ2n) is 3.96. The summed E-state index contributed by atoms with van der Waals surface area (Å²) in [5.41, 5.74) is 1.09. The van der Waals surface area contributed by atoms with Gasteiger partial charge >= 0.3 is 0 Å². The molecule has 0 aliphatic rings. The molecule has 1 aromatic rings. The Morgan fingerprint density at radius 3 is 2.60 bits per heavy atom. The van der Waals surface area contributed by atoms with E-state index < -0.39 is 0 Å². The summed E-state index contributed by atoms with van der Waals surface area (Å²) >= 11 is 5.91. The average Bonchev–Trinajstić information content (AvgIpc) is 2.12. The van der Waals surface area contributed by atoms with Crippen LogP contribution in [0.3, 0.4) is 0 Å². The van der Waals surface area contributed by atoms with E-state index in [1.165, 1.54) is 0 Å². The van der Waals surface area contributed by atoms with Crippen LogP contribution in [-0.4, -0.2) is 11.7 Å². The van der Waals surface area contributed by atoms with Gasteiger partial charge in [0, 0.05) is 0 Å². The highest BCUT2D eigenvalue weighted by Gasteiger charge is 2.10. The van der Waals surface area contributed by atoms with E-state index in [2.05, 4.69) is 13.8 Å². The van der Waals surface area contributed by atoms with E-state index in [0.717, 1.165) is 12.0 Å². The average molecular weight is 229 g/mol. The molecule has 0 heterocycles. The van der Waals surface area contributed by atoms with Crippen LogP contribution in [0.1, 0.15) is 26.3 Å². The van der Waals surface area contributed by atoms with E-state index in [0.29, 0.717) is 23.3 Å². The Hall–Kier alpha value is -0.890. The molecule has 0 atom stereocenters. The summed E-state index contributed by atoms with van der Waals surface area (Å²) in [6.07, 6.45) is 0.931. The molecule has 0 saturated heterocycles. The summed E-state index contributed by atoms with van der Waals surface area (Å²) in [5.74, 6) is 1.06. The Morgan fingerprint density at radius 2 is 2.07 bits per heavy atom. The zero-order chi connectivity index (χ0) is 11.4. The fraction of sp³-hybridized carbons (Fsp3) is 0.500. The van der Waals surface area contributed by atoms with Crippen LogP contribution in [0.15, 0.2) is 12.1 Å². The van der Waals surface area contributed by atoms with Crippen LogP contribution in [0.25, 0.3) is 0 Å². The molecule has 0 unspecified atom stereocenters. The first-order valence-corrected chi connectivity index (χ1v) is 5.56. The standard InChI is InChI=1S/C12H17ClO2/c1-4-15-11-7-9(5-8(2)3)6-10(13)12(11)14/h6-8,14H,4-5H2,1-3H3. The highest BCUT2D eigenvalue weighted by atomic mass is 35.5. The van der Waals surface area contributed by atoms with Gasteiger partial charge in [0.15, 0.2) is 11.5 Å². The van der Waals surface area contributed by atoms with E-state index in [9.17, 15) is 5.11 Å². The molecular formula is C12H17ClO2. The fourth-order valence-electron chi connectivity index (χ4n) is 1.48. The van der Waals surface area contributed by atoms with E-state index >= 15 is 0 Å². The maximum atomic E-state index is 9.63. The van der Waals surface area contributed by atoms with Crippen molar-refractivity contribution in [2.24, 2.45) is 5.92 Å². The van der Waals surface area contributed by atoms with Crippen LogP contribution < -0.4 is 4.74 Å². The van der Waals surface area contributed by atoms with E-state index in [4.69, 9.17) is 16.3 Å². The minimum absolute atomic E-state index is 0.0334. The van der Waals surface area contributed by atoms with Crippen molar-refractivity contribution in [1.82, 2.24) is 0 Å². The lowest BCUT2D eigenvalue weighted by atomic mass is 10.0. The van der Waals surface area contributed by atoms with E-state index in [-0.39, 0.29) is 5.75 Å². The van der Waals surface area contributed by atoms with E-state index in [1.807, 2.05) is 13.0 Å². The topological polar surface area (TPSA) is 29.5 Å². The lowest BCUT2D eigenvalue weighted by Crippen LogP contribution is -1.97. The molecule has 0 spiro atoms. The summed E-state index contributed by atoms with van der Waals surface area (Å²) in [7, 11) is 0. The van der Waals surface area contributed by atoms with Crippen molar-refractivity contribution in [2.75, 3.05) is 6.61 Å². The molecule has 0 aromatic heterocycles. The SMILES string of the molecule is CCOc1cc(CC(C)C)cc(Cl)c1O. The van der Waals surface area contributed by atoms with Gasteiger partial charge in [-0.3, -0.25) is 0 Å². The molecule has 0 bridgehead atoms. The van der Waals surface area contributed by atoms with E-state index in [1.54, 1.807) is 6.07 Å².